The van der Waals surface area contributed by atoms with E-state index >= 15 is 0 Å². The maximum atomic E-state index is 12.5. The molecular weight excluding hydrogens is 336 g/mol. The van der Waals surface area contributed by atoms with Crippen LogP contribution in [-0.2, 0) is 16.6 Å². The maximum absolute atomic E-state index is 12.5. The summed E-state index contributed by atoms with van der Waals surface area (Å²) in [7, 11) is -3.71. The van der Waals surface area contributed by atoms with Crippen molar-refractivity contribution in [3.05, 3.63) is 71.0 Å². The SMILES string of the molecule is Cc1ccc(Cn2cnc(NS(=O)(=O)c3ccc(C)cc3C)n2)cc1. The first-order chi connectivity index (χ1) is 11.8. The summed E-state index contributed by atoms with van der Waals surface area (Å²) in [5.74, 6) is 0.0621. The summed E-state index contributed by atoms with van der Waals surface area (Å²) >= 11 is 0. The van der Waals surface area contributed by atoms with Crippen molar-refractivity contribution < 1.29 is 8.42 Å². The van der Waals surface area contributed by atoms with Crippen LogP contribution < -0.4 is 4.72 Å². The summed E-state index contributed by atoms with van der Waals surface area (Å²) < 4.78 is 29.1. The molecule has 0 aliphatic heterocycles. The van der Waals surface area contributed by atoms with Gasteiger partial charge in [-0.25, -0.2) is 17.8 Å². The van der Waals surface area contributed by atoms with E-state index in [9.17, 15) is 8.42 Å². The van der Waals surface area contributed by atoms with E-state index in [1.807, 2.05) is 44.2 Å². The van der Waals surface area contributed by atoms with E-state index in [4.69, 9.17) is 0 Å². The highest BCUT2D eigenvalue weighted by Crippen LogP contribution is 2.18. The number of hydrogen-bond donors (Lipinski definition) is 1. The summed E-state index contributed by atoms with van der Waals surface area (Å²) in [5, 5.41) is 4.20. The molecule has 0 aliphatic carbocycles. The molecule has 0 unspecified atom stereocenters. The van der Waals surface area contributed by atoms with Crippen LogP contribution in [0.3, 0.4) is 0 Å². The lowest BCUT2D eigenvalue weighted by molar-refractivity contribution is 0.600. The fourth-order valence-electron chi connectivity index (χ4n) is 2.57. The predicted molar refractivity (Wildman–Crippen MR) is 97.0 cm³/mol. The molecule has 130 valence electrons. The van der Waals surface area contributed by atoms with Crippen molar-refractivity contribution in [1.29, 1.82) is 0 Å². The molecule has 2 aromatic carbocycles. The molecule has 0 amide bonds. The van der Waals surface area contributed by atoms with Crippen LogP contribution in [0.5, 0.6) is 0 Å². The Morgan fingerprint density at radius 1 is 1.00 bits per heavy atom. The molecule has 3 aromatic rings. The summed E-state index contributed by atoms with van der Waals surface area (Å²) in [6, 6.07) is 13.3. The van der Waals surface area contributed by atoms with Crippen LogP contribution in [-0.4, -0.2) is 23.2 Å². The zero-order valence-electron chi connectivity index (χ0n) is 14.4. The molecule has 0 fully saturated rings. The van der Waals surface area contributed by atoms with Gasteiger partial charge in [0.1, 0.15) is 6.33 Å². The summed E-state index contributed by atoms with van der Waals surface area (Å²) in [5.41, 5.74) is 3.95. The number of anilines is 1. The summed E-state index contributed by atoms with van der Waals surface area (Å²) in [4.78, 5) is 4.28. The van der Waals surface area contributed by atoms with Crippen molar-refractivity contribution in [2.24, 2.45) is 0 Å². The van der Waals surface area contributed by atoms with Gasteiger partial charge in [0.05, 0.1) is 11.4 Å². The standard InChI is InChI=1S/C18H20N4O2S/c1-13-4-7-16(8-5-13)11-22-12-19-18(20-22)21-25(23,24)17-9-6-14(2)10-15(17)3/h4-10,12H,11H2,1-3H3,(H,20,21). The highest BCUT2D eigenvalue weighted by molar-refractivity contribution is 7.92. The molecule has 6 nitrogen and oxygen atoms in total. The third kappa shape index (κ3) is 4.06. The van der Waals surface area contributed by atoms with E-state index < -0.39 is 10.0 Å². The Morgan fingerprint density at radius 3 is 2.36 bits per heavy atom. The minimum atomic E-state index is -3.71. The van der Waals surface area contributed by atoms with Gasteiger partial charge in [-0.3, -0.25) is 0 Å². The van der Waals surface area contributed by atoms with Gasteiger partial charge < -0.3 is 0 Å². The first kappa shape index (κ1) is 17.2. The summed E-state index contributed by atoms with van der Waals surface area (Å²) in [6.45, 7) is 6.24. The Balaban J connectivity index is 1.77. The molecule has 0 saturated carbocycles. The topological polar surface area (TPSA) is 76.9 Å². The van der Waals surface area contributed by atoms with Gasteiger partial charge >= 0.3 is 0 Å². The Bertz CT molecular complexity index is 992. The lowest BCUT2D eigenvalue weighted by Crippen LogP contribution is -2.15. The number of hydrogen-bond acceptors (Lipinski definition) is 4. The number of aromatic nitrogens is 3. The van der Waals surface area contributed by atoms with Gasteiger partial charge in [0, 0.05) is 0 Å². The minimum Gasteiger partial charge on any atom is -0.246 e. The normalized spacial score (nSPS) is 11.5. The van der Waals surface area contributed by atoms with Crippen molar-refractivity contribution >= 4 is 16.0 Å². The van der Waals surface area contributed by atoms with Crippen molar-refractivity contribution in [2.45, 2.75) is 32.2 Å². The second-order valence-corrected chi connectivity index (χ2v) is 7.78. The van der Waals surface area contributed by atoms with Crippen LogP contribution in [0.15, 0.2) is 53.7 Å². The molecule has 7 heteroatoms. The van der Waals surface area contributed by atoms with E-state index in [0.29, 0.717) is 12.1 Å². The molecule has 1 N–H and O–H groups in total. The van der Waals surface area contributed by atoms with Crippen LogP contribution in [0.1, 0.15) is 22.3 Å². The van der Waals surface area contributed by atoms with Crippen LogP contribution >= 0.6 is 0 Å². The Hall–Kier alpha value is -2.67. The zero-order chi connectivity index (χ0) is 18.0. The first-order valence-electron chi connectivity index (χ1n) is 7.88. The predicted octanol–water partition coefficient (Wildman–Crippen LogP) is 3.05. The third-order valence-corrected chi connectivity index (χ3v) is 5.34. The second-order valence-electron chi connectivity index (χ2n) is 6.13. The molecular formula is C18H20N4O2S. The fourth-order valence-corrected chi connectivity index (χ4v) is 3.75. The van der Waals surface area contributed by atoms with Gasteiger partial charge in [0.25, 0.3) is 16.0 Å². The number of nitrogens with zero attached hydrogens (tertiary/aromatic N) is 3. The molecule has 1 aromatic heterocycles. The van der Waals surface area contributed by atoms with Gasteiger partial charge in [0.15, 0.2) is 0 Å². The van der Waals surface area contributed by atoms with E-state index in [2.05, 4.69) is 14.8 Å². The molecule has 3 rings (SSSR count). The number of benzene rings is 2. The lowest BCUT2D eigenvalue weighted by Gasteiger charge is -2.08. The van der Waals surface area contributed by atoms with Gasteiger partial charge in [-0.1, -0.05) is 47.5 Å². The monoisotopic (exact) mass is 356 g/mol. The van der Waals surface area contributed by atoms with E-state index in [-0.39, 0.29) is 10.8 Å². The quantitative estimate of drug-likeness (QED) is 0.762. The fraction of sp³-hybridized carbons (Fsp3) is 0.222. The maximum Gasteiger partial charge on any atom is 0.264 e. The average molecular weight is 356 g/mol. The highest BCUT2D eigenvalue weighted by Gasteiger charge is 2.18. The van der Waals surface area contributed by atoms with Crippen LogP contribution in [0.2, 0.25) is 0 Å². The lowest BCUT2D eigenvalue weighted by atomic mass is 10.1. The number of aryl methyl sites for hydroxylation is 3. The van der Waals surface area contributed by atoms with E-state index in [1.54, 1.807) is 23.7 Å². The highest BCUT2D eigenvalue weighted by atomic mass is 32.2. The van der Waals surface area contributed by atoms with Crippen molar-refractivity contribution in [3.63, 3.8) is 0 Å². The van der Waals surface area contributed by atoms with Crippen molar-refractivity contribution in [1.82, 2.24) is 14.8 Å². The number of rotatable bonds is 5. The largest absolute Gasteiger partial charge is 0.264 e. The second kappa shape index (κ2) is 6.68. The van der Waals surface area contributed by atoms with Crippen LogP contribution in [0.4, 0.5) is 5.95 Å². The smallest absolute Gasteiger partial charge is 0.246 e. The first-order valence-corrected chi connectivity index (χ1v) is 9.37. The molecule has 25 heavy (non-hydrogen) atoms. The number of nitrogens with one attached hydrogen (secondary N) is 1. The third-order valence-electron chi connectivity index (χ3n) is 3.85. The average Bonchev–Trinajstić information content (AvgIpc) is 2.95. The molecule has 0 saturated heterocycles. The van der Waals surface area contributed by atoms with Crippen LogP contribution in [0, 0.1) is 20.8 Å². The van der Waals surface area contributed by atoms with Crippen molar-refractivity contribution in [2.75, 3.05) is 4.72 Å². The number of sulfonamides is 1. The van der Waals surface area contributed by atoms with Gasteiger partial charge in [-0.15, -0.1) is 5.10 Å². The molecule has 0 atom stereocenters. The molecule has 0 bridgehead atoms. The Labute approximate surface area is 147 Å². The summed E-state index contributed by atoms with van der Waals surface area (Å²) in [6.07, 6.45) is 1.51. The van der Waals surface area contributed by atoms with Gasteiger partial charge in [-0.05, 0) is 38.0 Å². The zero-order valence-corrected chi connectivity index (χ0v) is 15.2. The molecule has 0 spiro atoms. The van der Waals surface area contributed by atoms with Gasteiger partial charge in [0.2, 0.25) is 0 Å². The van der Waals surface area contributed by atoms with Crippen molar-refractivity contribution in [3.8, 4) is 0 Å². The van der Waals surface area contributed by atoms with E-state index in [0.717, 1.165) is 11.1 Å². The Morgan fingerprint density at radius 2 is 1.68 bits per heavy atom. The minimum absolute atomic E-state index is 0.0621. The van der Waals surface area contributed by atoms with Gasteiger partial charge in [-0.2, -0.15) is 4.98 Å². The Kier molecular flexibility index (Phi) is 4.59. The molecule has 0 radical (unpaired) electrons. The molecule has 1 heterocycles. The van der Waals surface area contributed by atoms with Crippen LogP contribution in [0.25, 0.3) is 0 Å². The van der Waals surface area contributed by atoms with E-state index in [1.165, 1.54) is 11.9 Å². The molecule has 0 aliphatic rings.